The van der Waals surface area contributed by atoms with Gasteiger partial charge in [0.2, 0.25) is 5.52 Å². The van der Waals surface area contributed by atoms with Crippen LogP contribution < -0.4 is 0 Å². The van der Waals surface area contributed by atoms with E-state index < -0.39 is 20.3 Å². The van der Waals surface area contributed by atoms with Crippen LogP contribution in [0.1, 0.15) is 0 Å². The first-order valence-electron chi connectivity index (χ1n) is 3.74. The van der Waals surface area contributed by atoms with E-state index in [9.17, 15) is 14.5 Å². The Hall–Kier alpha value is -0.510. The van der Waals surface area contributed by atoms with E-state index in [0.717, 1.165) is 0 Å². The van der Waals surface area contributed by atoms with Crippen molar-refractivity contribution in [3.05, 3.63) is 0 Å². The summed E-state index contributed by atoms with van der Waals surface area (Å²) in [5, 5.41) is 8.33. The number of aliphatic carboxylic acids is 1. The molecule has 13 heavy (non-hydrogen) atoms. The van der Waals surface area contributed by atoms with Crippen molar-refractivity contribution in [3.8, 4) is 0 Å². The minimum absolute atomic E-state index is 0.162. The summed E-state index contributed by atoms with van der Waals surface area (Å²) in [5.74, 6) is -1.14. The average Bonchev–Trinajstić information content (AvgIpc) is 1.81. The molecule has 0 fully saturated rings. The normalized spacial score (nSPS) is 13.8. The fourth-order valence-corrected chi connectivity index (χ4v) is 1.72. The van der Waals surface area contributed by atoms with E-state index in [1.807, 2.05) is 21.1 Å². The monoisotopic (exact) mass is 208 g/mol. The molecule has 0 saturated carbocycles. The summed E-state index contributed by atoms with van der Waals surface area (Å²) in [5.41, 5.74) is -0.370. The molecule has 76 valence electrons. The van der Waals surface area contributed by atoms with Gasteiger partial charge in [-0.15, -0.1) is 0 Å². The largest absolute Gasteiger partial charge is 0.481 e. The Morgan fingerprint density at radius 1 is 1.31 bits per heavy atom. The van der Waals surface area contributed by atoms with Crippen molar-refractivity contribution in [3.63, 3.8) is 0 Å². The summed E-state index contributed by atoms with van der Waals surface area (Å²) in [6.45, 7) is 0.162. The zero-order valence-electron chi connectivity index (χ0n) is 8.02. The van der Waals surface area contributed by atoms with Crippen molar-refractivity contribution in [1.29, 1.82) is 0 Å². The second kappa shape index (κ2) is 4.65. The van der Waals surface area contributed by atoms with Gasteiger partial charge in [0, 0.05) is 0 Å². The number of likely N-dealkylation sites (N-methyl/N-ethyl adjacent to an activating group) is 1. The highest BCUT2D eigenvalue weighted by Gasteiger charge is 2.24. The molecular formula is C7H15NO4P+. The average molecular weight is 208 g/mol. The highest BCUT2D eigenvalue weighted by Crippen LogP contribution is 2.30. The minimum atomic E-state index is -2.00. The van der Waals surface area contributed by atoms with Crippen LogP contribution in [0.2, 0.25) is 0 Å². The molecule has 0 aliphatic rings. The molecule has 1 unspecified atom stereocenters. The van der Waals surface area contributed by atoms with Gasteiger partial charge in [0.25, 0.3) is 0 Å². The molecule has 0 aliphatic heterocycles. The van der Waals surface area contributed by atoms with Crippen LogP contribution in [-0.4, -0.2) is 59.8 Å². The van der Waals surface area contributed by atoms with Gasteiger partial charge >= 0.3 is 5.97 Å². The van der Waals surface area contributed by atoms with Crippen molar-refractivity contribution in [2.45, 2.75) is 0 Å². The molecule has 0 amide bonds. The molecule has 0 radical (unpaired) electrons. The number of carbonyl (C=O) groups excluding carboxylic acids is 1. The lowest BCUT2D eigenvalue weighted by atomic mass is 10.5. The first-order chi connectivity index (χ1) is 5.72. The van der Waals surface area contributed by atoms with Gasteiger partial charge in [-0.05, 0) is 0 Å². The number of hydrogen-bond acceptors (Lipinski definition) is 3. The third-order valence-corrected chi connectivity index (χ3v) is 2.47. The van der Waals surface area contributed by atoms with Crippen LogP contribution in [-0.2, 0) is 9.59 Å². The Morgan fingerprint density at radius 3 is 2.08 bits per heavy atom. The highest BCUT2D eigenvalue weighted by atomic mass is 31.1. The molecule has 0 heterocycles. The van der Waals surface area contributed by atoms with Crippen molar-refractivity contribution in [2.24, 2.45) is 0 Å². The first kappa shape index (κ1) is 12.5. The van der Waals surface area contributed by atoms with E-state index in [-0.39, 0.29) is 12.1 Å². The summed E-state index contributed by atoms with van der Waals surface area (Å²) in [7, 11) is 3.42. The Kier molecular flexibility index (Phi) is 4.47. The number of rotatable bonds is 5. The van der Waals surface area contributed by atoms with Crippen LogP contribution in [0.25, 0.3) is 0 Å². The standard InChI is InChI=1S/C7H14NO4P/c1-8(2,3)4-7(11)13(12)5-6(9)10/h12H,4-5H2,1-3H3/p+1. The van der Waals surface area contributed by atoms with Crippen molar-refractivity contribution in [2.75, 3.05) is 33.8 Å². The van der Waals surface area contributed by atoms with Gasteiger partial charge in [-0.1, -0.05) is 0 Å². The van der Waals surface area contributed by atoms with Crippen LogP contribution in [0.15, 0.2) is 0 Å². The molecule has 0 bridgehead atoms. The number of hydrogen-bond donors (Lipinski definition) is 2. The van der Waals surface area contributed by atoms with Gasteiger partial charge < -0.3 is 14.5 Å². The Labute approximate surface area is 78.4 Å². The van der Waals surface area contributed by atoms with Crippen LogP contribution >= 0.6 is 8.15 Å². The molecule has 0 spiro atoms. The van der Waals surface area contributed by atoms with Gasteiger partial charge in [0.05, 0.1) is 27.3 Å². The van der Waals surface area contributed by atoms with E-state index >= 15 is 0 Å². The molecule has 0 aromatic carbocycles. The predicted molar refractivity (Wildman–Crippen MR) is 49.5 cm³/mol. The molecule has 0 rings (SSSR count). The van der Waals surface area contributed by atoms with E-state index in [4.69, 9.17) is 5.11 Å². The minimum Gasteiger partial charge on any atom is -0.481 e. The van der Waals surface area contributed by atoms with Crippen LogP contribution in [0.5, 0.6) is 0 Å². The van der Waals surface area contributed by atoms with Crippen LogP contribution in [0, 0.1) is 0 Å². The molecule has 1 atom stereocenters. The van der Waals surface area contributed by atoms with E-state index in [1.54, 1.807) is 0 Å². The fraction of sp³-hybridized carbons (Fsp3) is 0.714. The number of carboxylic acid groups (broad SMARTS) is 1. The summed E-state index contributed by atoms with van der Waals surface area (Å²) in [6, 6.07) is 0. The lowest BCUT2D eigenvalue weighted by Crippen LogP contribution is -2.39. The lowest BCUT2D eigenvalue weighted by Gasteiger charge is -2.23. The molecule has 2 N–H and O–H groups in total. The Bertz CT molecular complexity index is 211. The van der Waals surface area contributed by atoms with E-state index in [1.165, 1.54) is 0 Å². The van der Waals surface area contributed by atoms with E-state index in [2.05, 4.69) is 0 Å². The van der Waals surface area contributed by atoms with Crippen LogP contribution in [0.3, 0.4) is 0 Å². The number of carboxylic acids is 1. The molecule has 6 heteroatoms. The number of carbonyl (C=O) groups is 2. The second-order valence-corrected chi connectivity index (χ2v) is 5.41. The van der Waals surface area contributed by atoms with E-state index in [0.29, 0.717) is 4.48 Å². The SMILES string of the molecule is C[N+](C)(C)CC(=O)P(O)CC(=O)O. The summed E-state index contributed by atoms with van der Waals surface area (Å²) >= 11 is 0. The van der Waals surface area contributed by atoms with Crippen molar-refractivity contribution < 1.29 is 24.1 Å². The lowest BCUT2D eigenvalue weighted by molar-refractivity contribution is -0.861. The van der Waals surface area contributed by atoms with Gasteiger partial charge in [0.15, 0.2) is 0 Å². The second-order valence-electron chi connectivity index (χ2n) is 3.79. The third-order valence-electron chi connectivity index (χ3n) is 1.18. The van der Waals surface area contributed by atoms with Gasteiger partial charge in [-0.25, -0.2) is 0 Å². The summed E-state index contributed by atoms with van der Waals surface area (Å²) < 4.78 is 0.401. The summed E-state index contributed by atoms with van der Waals surface area (Å²) in [4.78, 5) is 30.5. The molecule has 0 aromatic rings. The number of quaternary nitrogens is 1. The third kappa shape index (κ3) is 6.63. The molecular weight excluding hydrogens is 193 g/mol. The highest BCUT2D eigenvalue weighted by molar-refractivity contribution is 7.70. The smallest absolute Gasteiger partial charge is 0.310 e. The quantitative estimate of drug-likeness (QED) is 0.480. The molecule has 0 aliphatic carbocycles. The maximum Gasteiger partial charge on any atom is 0.310 e. The Morgan fingerprint density at radius 2 is 1.77 bits per heavy atom. The number of nitrogens with zero attached hydrogens (tertiary/aromatic N) is 1. The molecule has 0 aromatic heterocycles. The van der Waals surface area contributed by atoms with Crippen molar-refractivity contribution >= 4 is 19.6 Å². The Balaban J connectivity index is 4.05. The molecule has 5 nitrogen and oxygen atoms in total. The fourth-order valence-electron chi connectivity index (χ4n) is 0.704. The van der Waals surface area contributed by atoms with Gasteiger partial charge in [0.1, 0.15) is 14.7 Å². The topological polar surface area (TPSA) is 74.6 Å². The van der Waals surface area contributed by atoms with Crippen LogP contribution in [0.4, 0.5) is 0 Å². The zero-order chi connectivity index (χ0) is 10.6. The predicted octanol–water partition coefficient (Wildman–Crippen LogP) is -0.307. The molecule has 0 saturated heterocycles. The van der Waals surface area contributed by atoms with Crippen molar-refractivity contribution in [1.82, 2.24) is 0 Å². The maximum absolute atomic E-state index is 11.2. The maximum atomic E-state index is 11.2. The summed E-state index contributed by atoms with van der Waals surface area (Å²) in [6.07, 6.45) is -0.450. The van der Waals surface area contributed by atoms with Gasteiger partial charge in [-0.2, -0.15) is 0 Å². The zero-order valence-corrected chi connectivity index (χ0v) is 8.91. The van der Waals surface area contributed by atoms with Gasteiger partial charge in [-0.3, -0.25) is 9.59 Å². The first-order valence-corrected chi connectivity index (χ1v) is 5.22.